The Balaban J connectivity index is 1.92. The van der Waals surface area contributed by atoms with Gasteiger partial charge in [-0.25, -0.2) is 18.1 Å². The van der Waals surface area contributed by atoms with Crippen LogP contribution in [0.1, 0.15) is 18.4 Å². The van der Waals surface area contributed by atoms with E-state index in [4.69, 9.17) is 0 Å². The Labute approximate surface area is 129 Å². The molecule has 0 saturated heterocycles. The van der Waals surface area contributed by atoms with E-state index in [2.05, 4.69) is 21.9 Å². The third kappa shape index (κ3) is 4.80. The van der Waals surface area contributed by atoms with Gasteiger partial charge >= 0.3 is 0 Å². The molecule has 0 unspecified atom stereocenters. The van der Waals surface area contributed by atoms with Crippen LogP contribution in [0.3, 0.4) is 0 Å². The number of nitrogens with zero attached hydrogens (tertiary/aromatic N) is 1. The molecule has 1 aromatic carbocycles. The van der Waals surface area contributed by atoms with E-state index in [1.165, 1.54) is 11.3 Å². The molecular weight excluding hydrogens is 306 g/mol. The first kappa shape index (κ1) is 15.9. The van der Waals surface area contributed by atoms with Crippen LogP contribution in [0.25, 0.3) is 0 Å². The van der Waals surface area contributed by atoms with E-state index < -0.39 is 10.0 Å². The number of hydrogen-bond acceptors (Lipinski definition) is 5. The van der Waals surface area contributed by atoms with E-state index in [1.54, 1.807) is 30.5 Å². The fourth-order valence-electron chi connectivity index (χ4n) is 1.77. The van der Waals surface area contributed by atoms with Crippen molar-refractivity contribution in [2.24, 2.45) is 0 Å². The molecule has 2 N–H and O–H groups in total. The molecule has 0 amide bonds. The van der Waals surface area contributed by atoms with Crippen LogP contribution < -0.4 is 10.0 Å². The molecule has 0 radical (unpaired) electrons. The average Bonchev–Trinajstić information content (AvgIpc) is 2.98. The van der Waals surface area contributed by atoms with Crippen LogP contribution in [0.4, 0.5) is 5.69 Å². The van der Waals surface area contributed by atoms with E-state index in [0.717, 1.165) is 23.7 Å². The molecule has 1 aromatic heterocycles. The number of rotatable bonds is 8. The fraction of sp³-hybridized carbons (Fsp3) is 0.357. The standard InChI is InChI=1S/C14H19N3O2S2/c1-2-8-15-12-3-5-13(6-4-12)21(18,19)17-9-7-14-16-10-11-20-14/h3-6,10-11,15,17H,2,7-9H2,1H3. The SMILES string of the molecule is CCCNc1ccc(S(=O)(=O)NCCc2nccs2)cc1. The van der Waals surface area contributed by atoms with E-state index >= 15 is 0 Å². The zero-order valence-electron chi connectivity index (χ0n) is 11.9. The summed E-state index contributed by atoms with van der Waals surface area (Å²) in [4.78, 5) is 4.41. The van der Waals surface area contributed by atoms with Crippen LogP contribution in [0.2, 0.25) is 0 Å². The summed E-state index contributed by atoms with van der Waals surface area (Å²) < 4.78 is 26.9. The van der Waals surface area contributed by atoms with Crippen molar-refractivity contribution in [1.82, 2.24) is 9.71 Å². The zero-order chi connectivity index (χ0) is 15.1. The Morgan fingerprint density at radius 1 is 1.19 bits per heavy atom. The molecule has 2 rings (SSSR count). The first-order chi connectivity index (χ1) is 10.1. The highest BCUT2D eigenvalue weighted by molar-refractivity contribution is 7.89. The summed E-state index contributed by atoms with van der Waals surface area (Å²) in [6, 6.07) is 6.80. The molecule has 0 fully saturated rings. The minimum Gasteiger partial charge on any atom is -0.385 e. The zero-order valence-corrected chi connectivity index (χ0v) is 13.5. The van der Waals surface area contributed by atoms with Gasteiger partial charge in [-0.05, 0) is 30.7 Å². The van der Waals surface area contributed by atoms with Crippen molar-refractivity contribution in [2.75, 3.05) is 18.4 Å². The lowest BCUT2D eigenvalue weighted by molar-refractivity contribution is 0.581. The van der Waals surface area contributed by atoms with Gasteiger partial charge in [0.1, 0.15) is 0 Å². The molecule has 5 nitrogen and oxygen atoms in total. The van der Waals surface area contributed by atoms with Crippen LogP contribution in [0.5, 0.6) is 0 Å². The van der Waals surface area contributed by atoms with Gasteiger partial charge in [-0.1, -0.05) is 6.92 Å². The van der Waals surface area contributed by atoms with Crippen molar-refractivity contribution < 1.29 is 8.42 Å². The molecule has 0 aliphatic carbocycles. The topological polar surface area (TPSA) is 71.1 Å². The quantitative estimate of drug-likeness (QED) is 0.782. The van der Waals surface area contributed by atoms with Crippen molar-refractivity contribution in [1.29, 1.82) is 0 Å². The van der Waals surface area contributed by atoms with Crippen molar-refractivity contribution in [2.45, 2.75) is 24.7 Å². The highest BCUT2D eigenvalue weighted by Gasteiger charge is 2.13. The predicted octanol–water partition coefficient (Wildman–Crippen LogP) is 2.49. The number of sulfonamides is 1. The second-order valence-corrected chi connectivity index (χ2v) is 7.27. The monoisotopic (exact) mass is 325 g/mol. The van der Waals surface area contributed by atoms with Gasteiger partial charge in [0.2, 0.25) is 10.0 Å². The first-order valence-electron chi connectivity index (χ1n) is 6.84. The normalized spacial score (nSPS) is 11.5. The molecule has 0 saturated carbocycles. The van der Waals surface area contributed by atoms with Crippen LogP contribution in [-0.4, -0.2) is 26.5 Å². The van der Waals surface area contributed by atoms with Gasteiger partial charge < -0.3 is 5.32 Å². The first-order valence-corrected chi connectivity index (χ1v) is 9.20. The largest absolute Gasteiger partial charge is 0.385 e. The summed E-state index contributed by atoms with van der Waals surface area (Å²) in [5, 5.41) is 6.02. The van der Waals surface area contributed by atoms with Crippen molar-refractivity contribution >= 4 is 27.0 Å². The Bertz CT molecular complexity index is 637. The summed E-state index contributed by atoms with van der Waals surface area (Å²) in [6.45, 7) is 3.31. The summed E-state index contributed by atoms with van der Waals surface area (Å²) >= 11 is 1.52. The van der Waals surface area contributed by atoms with Gasteiger partial charge in [-0.2, -0.15) is 0 Å². The van der Waals surface area contributed by atoms with Gasteiger partial charge in [0, 0.05) is 36.8 Å². The van der Waals surface area contributed by atoms with Crippen molar-refractivity contribution in [3.8, 4) is 0 Å². The van der Waals surface area contributed by atoms with Crippen molar-refractivity contribution in [3.63, 3.8) is 0 Å². The molecule has 0 aliphatic rings. The summed E-state index contributed by atoms with van der Waals surface area (Å²) in [5.74, 6) is 0. The minimum atomic E-state index is -3.45. The van der Waals surface area contributed by atoms with Crippen LogP contribution in [-0.2, 0) is 16.4 Å². The molecule has 1 heterocycles. The third-order valence-corrected chi connectivity index (χ3v) is 5.17. The number of anilines is 1. The van der Waals surface area contributed by atoms with Crippen molar-refractivity contribution in [3.05, 3.63) is 40.8 Å². The average molecular weight is 325 g/mol. The highest BCUT2D eigenvalue weighted by Crippen LogP contribution is 2.14. The minimum absolute atomic E-state index is 0.281. The molecule has 7 heteroatoms. The number of thiazole rings is 1. The summed E-state index contributed by atoms with van der Waals surface area (Å²) in [7, 11) is -3.45. The third-order valence-electron chi connectivity index (χ3n) is 2.86. The molecule has 2 aromatic rings. The fourth-order valence-corrected chi connectivity index (χ4v) is 3.43. The molecule has 114 valence electrons. The molecular formula is C14H19N3O2S2. The lowest BCUT2D eigenvalue weighted by atomic mass is 10.3. The van der Waals surface area contributed by atoms with Gasteiger partial charge in [0.25, 0.3) is 0 Å². The van der Waals surface area contributed by atoms with Crippen LogP contribution in [0.15, 0.2) is 40.7 Å². The van der Waals surface area contributed by atoms with E-state index in [0.29, 0.717) is 13.0 Å². The van der Waals surface area contributed by atoms with Crippen LogP contribution in [0, 0.1) is 0 Å². The van der Waals surface area contributed by atoms with E-state index in [1.807, 2.05) is 5.38 Å². The smallest absolute Gasteiger partial charge is 0.240 e. The highest BCUT2D eigenvalue weighted by atomic mass is 32.2. The number of hydrogen-bond donors (Lipinski definition) is 2. The van der Waals surface area contributed by atoms with Gasteiger partial charge in [0.15, 0.2) is 0 Å². The lowest BCUT2D eigenvalue weighted by Gasteiger charge is -2.08. The Hall–Kier alpha value is -1.44. The molecule has 21 heavy (non-hydrogen) atoms. The number of benzene rings is 1. The number of aromatic nitrogens is 1. The maximum Gasteiger partial charge on any atom is 0.240 e. The molecule has 0 aliphatic heterocycles. The molecule has 0 atom stereocenters. The maximum absolute atomic E-state index is 12.1. The lowest BCUT2D eigenvalue weighted by Crippen LogP contribution is -2.25. The molecule has 0 bridgehead atoms. The van der Waals surface area contributed by atoms with Gasteiger partial charge in [-0.3, -0.25) is 0 Å². The number of nitrogens with one attached hydrogen (secondary N) is 2. The second-order valence-electron chi connectivity index (χ2n) is 4.52. The van der Waals surface area contributed by atoms with E-state index in [9.17, 15) is 8.42 Å². The Morgan fingerprint density at radius 2 is 1.95 bits per heavy atom. The van der Waals surface area contributed by atoms with Gasteiger partial charge in [0.05, 0.1) is 9.90 Å². The summed E-state index contributed by atoms with van der Waals surface area (Å²) in [5.41, 5.74) is 0.929. The summed E-state index contributed by atoms with van der Waals surface area (Å²) in [6.07, 6.45) is 3.35. The predicted molar refractivity (Wildman–Crippen MR) is 86.2 cm³/mol. The molecule has 0 spiro atoms. The second kappa shape index (κ2) is 7.53. The Morgan fingerprint density at radius 3 is 2.57 bits per heavy atom. The van der Waals surface area contributed by atoms with Crippen LogP contribution >= 0.6 is 11.3 Å². The van der Waals surface area contributed by atoms with Gasteiger partial charge in [-0.15, -0.1) is 11.3 Å². The van der Waals surface area contributed by atoms with E-state index in [-0.39, 0.29) is 4.90 Å². The Kier molecular flexibility index (Phi) is 5.72. The maximum atomic E-state index is 12.1.